The Kier molecular flexibility index (Phi) is 6.83. The molecule has 1 N–H and O–H groups in total. The number of amides is 2. The summed E-state index contributed by atoms with van der Waals surface area (Å²) >= 11 is 0. The van der Waals surface area contributed by atoms with Gasteiger partial charge < -0.3 is 10.2 Å². The average molecular weight is 354 g/mol. The number of carbonyl (C=O) groups is 2. The lowest BCUT2D eigenvalue weighted by atomic mass is 10.1. The van der Waals surface area contributed by atoms with Gasteiger partial charge in [-0.25, -0.2) is 4.98 Å². The highest BCUT2D eigenvalue weighted by Crippen LogP contribution is 2.14. The van der Waals surface area contributed by atoms with Gasteiger partial charge in [-0.3, -0.25) is 14.6 Å². The van der Waals surface area contributed by atoms with Crippen LogP contribution < -0.4 is 5.32 Å². The number of nitrogens with one attached hydrogen (secondary N) is 1. The van der Waals surface area contributed by atoms with Crippen molar-refractivity contribution >= 4 is 17.5 Å². The van der Waals surface area contributed by atoms with Gasteiger partial charge in [-0.1, -0.05) is 19.9 Å². The third-order valence-electron chi connectivity index (χ3n) is 4.05. The molecule has 138 valence electrons. The van der Waals surface area contributed by atoms with Gasteiger partial charge in [-0.05, 0) is 43.0 Å². The zero-order valence-corrected chi connectivity index (χ0v) is 15.8. The molecule has 1 heterocycles. The molecule has 0 aliphatic carbocycles. The van der Waals surface area contributed by atoms with Crippen LogP contribution in [0.2, 0.25) is 0 Å². The smallest absolute Gasteiger partial charge is 0.274 e. The second kappa shape index (κ2) is 9.08. The second-order valence-electron chi connectivity index (χ2n) is 6.83. The van der Waals surface area contributed by atoms with E-state index in [4.69, 9.17) is 0 Å². The van der Waals surface area contributed by atoms with E-state index in [0.29, 0.717) is 24.7 Å². The summed E-state index contributed by atoms with van der Waals surface area (Å²) in [5.41, 5.74) is 3.37. The van der Waals surface area contributed by atoms with Crippen LogP contribution in [0.1, 0.15) is 41.9 Å². The second-order valence-corrected chi connectivity index (χ2v) is 6.83. The third kappa shape index (κ3) is 5.65. The molecular formula is C20H26N4O2. The minimum absolute atomic E-state index is 0.117. The quantitative estimate of drug-likeness (QED) is 0.828. The number of anilines is 1. The summed E-state index contributed by atoms with van der Waals surface area (Å²) in [5.74, 6) is -0.0295. The summed E-state index contributed by atoms with van der Waals surface area (Å²) in [6, 6.07) is 5.81. The first kappa shape index (κ1) is 19.6. The number of rotatable bonds is 7. The fraction of sp³-hybridized carbons (Fsp3) is 0.400. The molecule has 2 amide bonds. The zero-order chi connectivity index (χ0) is 19.1. The minimum atomic E-state index is -0.203. The molecule has 1 aromatic carbocycles. The Morgan fingerprint density at radius 2 is 1.92 bits per heavy atom. The molecule has 6 heteroatoms. The Bertz CT molecular complexity index is 760. The van der Waals surface area contributed by atoms with E-state index >= 15 is 0 Å². The third-order valence-corrected chi connectivity index (χ3v) is 4.05. The monoisotopic (exact) mass is 354 g/mol. The summed E-state index contributed by atoms with van der Waals surface area (Å²) in [6.07, 6.45) is 4.70. The highest BCUT2D eigenvalue weighted by atomic mass is 16.2. The van der Waals surface area contributed by atoms with Crippen LogP contribution in [-0.2, 0) is 4.79 Å². The van der Waals surface area contributed by atoms with Crippen LogP contribution in [0, 0.1) is 19.8 Å². The summed E-state index contributed by atoms with van der Waals surface area (Å²) in [7, 11) is 0. The number of aryl methyl sites for hydroxylation is 2. The Morgan fingerprint density at radius 1 is 1.15 bits per heavy atom. The van der Waals surface area contributed by atoms with Crippen molar-refractivity contribution in [2.45, 2.75) is 34.1 Å². The van der Waals surface area contributed by atoms with E-state index in [1.807, 2.05) is 45.9 Å². The molecule has 1 aromatic heterocycles. The van der Waals surface area contributed by atoms with Crippen molar-refractivity contribution < 1.29 is 9.59 Å². The first-order chi connectivity index (χ1) is 12.4. The molecular weight excluding hydrogens is 328 g/mol. The van der Waals surface area contributed by atoms with E-state index in [-0.39, 0.29) is 18.2 Å². The number of carbonyl (C=O) groups excluding carboxylic acids is 2. The van der Waals surface area contributed by atoms with E-state index in [9.17, 15) is 9.59 Å². The molecule has 0 saturated carbocycles. The van der Waals surface area contributed by atoms with E-state index < -0.39 is 0 Å². The van der Waals surface area contributed by atoms with Crippen LogP contribution >= 0.6 is 0 Å². The van der Waals surface area contributed by atoms with E-state index in [1.165, 1.54) is 24.2 Å². The summed E-state index contributed by atoms with van der Waals surface area (Å²) in [5, 5.41) is 2.89. The summed E-state index contributed by atoms with van der Waals surface area (Å²) in [6.45, 7) is 9.01. The number of aromatic nitrogens is 2. The molecule has 0 fully saturated rings. The Hall–Kier alpha value is -2.76. The van der Waals surface area contributed by atoms with E-state index in [0.717, 1.165) is 11.3 Å². The largest absolute Gasteiger partial charge is 0.336 e. The molecule has 2 aromatic rings. The summed E-state index contributed by atoms with van der Waals surface area (Å²) < 4.78 is 0. The van der Waals surface area contributed by atoms with Gasteiger partial charge in [0.2, 0.25) is 5.91 Å². The Labute approximate surface area is 154 Å². The molecule has 0 aliphatic heterocycles. The van der Waals surface area contributed by atoms with Crippen LogP contribution in [0.3, 0.4) is 0 Å². The van der Waals surface area contributed by atoms with Crippen molar-refractivity contribution in [3.8, 4) is 0 Å². The molecule has 0 radical (unpaired) electrons. The molecule has 0 aliphatic rings. The highest BCUT2D eigenvalue weighted by molar-refractivity contribution is 5.93. The SMILES string of the molecule is Cc1ccc(NC(=O)CCN(CC(C)C)C(=O)c2cnccn2)cc1C. The molecule has 0 saturated heterocycles. The molecule has 0 spiro atoms. The normalized spacial score (nSPS) is 10.7. The number of benzene rings is 1. The fourth-order valence-corrected chi connectivity index (χ4v) is 2.57. The van der Waals surface area contributed by atoms with Crippen LogP contribution in [-0.4, -0.2) is 39.8 Å². The molecule has 0 unspecified atom stereocenters. The molecule has 0 atom stereocenters. The van der Waals surface area contributed by atoms with Crippen molar-refractivity contribution in [2.24, 2.45) is 5.92 Å². The topological polar surface area (TPSA) is 75.2 Å². The van der Waals surface area contributed by atoms with Crippen LogP contribution in [0.5, 0.6) is 0 Å². The van der Waals surface area contributed by atoms with Gasteiger partial charge in [0.25, 0.3) is 5.91 Å². The van der Waals surface area contributed by atoms with Gasteiger partial charge in [0.15, 0.2) is 0 Å². The molecule has 6 nitrogen and oxygen atoms in total. The number of hydrogen-bond donors (Lipinski definition) is 1. The van der Waals surface area contributed by atoms with Crippen molar-refractivity contribution in [1.29, 1.82) is 0 Å². The van der Waals surface area contributed by atoms with Gasteiger partial charge in [0.1, 0.15) is 5.69 Å². The average Bonchev–Trinajstić information content (AvgIpc) is 2.61. The fourth-order valence-electron chi connectivity index (χ4n) is 2.57. The maximum absolute atomic E-state index is 12.6. The standard InChI is InChI=1S/C20H26N4O2/c1-14(2)13-24(20(26)18-12-21-8-9-22-18)10-7-19(25)23-17-6-5-15(3)16(4)11-17/h5-6,8-9,11-12,14H,7,10,13H2,1-4H3,(H,23,25). The van der Waals surface area contributed by atoms with Gasteiger partial charge >= 0.3 is 0 Å². The van der Waals surface area contributed by atoms with Crippen molar-refractivity contribution in [3.63, 3.8) is 0 Å². The van der Waals surface area contributed by atoms with E-state index in [2.05, 4.69) is 15.3 Å². The van der Waals surface area contributed by atoms with Gasteiger partial charge in [0.05, 0.1) is 6.20 Å². The number of nitrogens with zero attached hydrogens (tertiary/aromatic N) is 3. The van der Waals surface area contributed by atoms with Crippen LogP contribution in [0.25, 0.3) is 0 Å². The lowest BCUT2D eigenvalue weighted by Crippen LogP contribution is -2.37. The highest BCUT2D eigenvalue weighted by Gasteiger charge is 2.19. The number of hydrogen-bond acceptors (Lipinski definition) is 4. The van der Waals surface area contributed by atoms with Crippen molar-refractivity contribution in [2.75, 3.05) is 18.4 Å². The van der Waals surface area contributed by atoms with Crippen molar-refractivity contribution in [3.05, 3.63) is 53.6 Å². The lowest BCUT2D eigenvalue weighted by molar-refractivity contribution is -0.116. The molecule has 26 heavy (non-hydrogen) atoms. The predicted molar refractivity (Wildman–Crippen MR) is 102 cm³/mol. The van der Waals surface area contributed by atoms with Crippen molar-refractivity contribution in [1.82, 2.24) is 14.9 Å². The lowest BCUT2D eigenvalue weighted by Gasteiger charge is -2.24. The summed E-state index contributed by atoms with van der Waals surface area (Å²) in [4.78, 5) is 34.6. The Balaban J connectivity index is 1.98. The Morgan fingerprint density at radius 3 is 2.54 bits per heavy atom. The molecule has 0 bridgehead atoms. The molecule has 2 rings (SSSR count). The van der Waals surface area contributed by atoms with E-state index in [1.54, 1.807) is 4.90 Å². The van der Waals surface area contributed by atoms with Crippen LogP contribution in [0.4, 0.5) is 5.69 Å². The zero-order valence-electron chi connectivity index (χ0n) is 15.8. The maximum atomic E-state index is 12.6. The first-order valence-corrected chi connectivity index (χ1v) is 8.79. The minimum Gasteiger partial charge on any atom is -0.336 e. The predicted octanol–water partition coefficient (Wildman–Crippen LogP) is 3.22. The van der Waals surface area contributed by atoms with Gasteiger partial charge in [0, 0.05) is 37.6 Å². The van der Waals surface area contributed by atoms with Gasteiger partial charge in [-0.15, -0.1) is 0 Å². The first-order valence-electron chi connectivity index (χ1n) is 8.79. The van der Waals surface area contributed by atoms with Gasteiger partial charge in [-0.2, -0.15) is 0 Å². The van der Waals surface area contributed by atoms with Crippen LogP contribution in [0.15, 0.2) is 36.8 Å². The maximum Gasteiger partial charge on any atom is 0.274 e.